The summed E-state index contributed by atoms with van der Waals surface area (Å²) >= 11 is 0. The van der Waals surface area contributed by atoms with Crippen LogP contribution in [0.5, 0.6) is 5.75 Å². The van der Waals surface area contributed by atoms with Crippen molar-refractivity contribution in [1.29, 1.82) is 0 Å². The molecule has 3 aliphatic rings. The lowest BCUT2D eigenvalue weighted by Crippen LogP contribution is -2.51. The molecule has 1 aliphatic carbocycles. The first-order valence-electron chi connectivity index (χ1n) is 9.48. The van der Waals surface area contributed by atoms with Crippen LogP contribution in [-0.2, 0) is 4.79 Å². The van der Waals surface area contributed by atoms with Crippen molar-refractivity contribution in [2.45, 2.75) is 44.4 Å². The predicted octanol–water partition coefficient (Wildman–Crippen LogP) is 2.88. The Morgan fingerprint density at radius 2 is 1.88 bits per heavy atom. The normalized spacial score (nSPS) is 31.0. The van der Waals surface area contributed by atoms with Crippen LogP contribution in [0.3, 0.4) is 0 Å². The van der Waals surface area contributed by atoms with E-state index in [0.717, 1.165) is 45.4 Å². The number of piperidine rings is 1. The Hall–Kier alpha value is -1.55. The first kappa shape index (κ1) is 15.9. The van der Waals surface area contributed by atoms with Gasteiger partial charge in [0.25, 0.3) is 0 Å². The molecule has 2 heterocycles. The van der Waals surface area contributed by atoms with Gasteiger partial charge in [0.2, 0.25) is 5.91 Å². The summed E-state index contributed by atoms with van der Waals surface area (Å²) in [5.41, 5.74) is 1.18. The van der Waals surface area contributed by atoms with Gasteiger partial charge in [-0.05, 0) is 61.8 Å². The number of rotatable bonds is 2. The Labute approximate surface area is 144 Å². The summed E-state index contributed by atoms with van der Waals surface area (Å²) in [7, 11) is 0. The Bertz CT molecular complexity index is 592. The van der Waals surface area contributed by atoms with Crippen molar-refractivity contribution in [3.8, 4) is 5.75 Å². The van der Waals surface area contributed by atoms with Crippen molar-refractivity contribution >= 4 is 5.91 Å². The molecule has 2 atom stereocenters. The summed E-state index contributed by atoms with van der Waals surface area (Å²) < 4.78 is 0. The molecule has 2 saturated heterocycles. The number of hydrogen-bond acceptors (Lipinski definition) is 3. The standard InChI is InChI=1S/C20H28N2O2/c23-18-6-4-15(5-7-18)16-8-11-22(12-9-16)19(24)20-10-2-1-3-17(20)13-21-14-20/h4-7,16-17,21,23H,1-3,8-14H2/t17-,20+/m0/s1. The van der Waals surface area contributed by atoms with Crippen molar-refractivity contribution < 1.29 is 9.90 Å². The van der Waals surface area contributed by atoms with Crippen molar-refractivity contribution in [1.82, 2.24) is 10.2 Å². The van der Waals surface area contributed by atoms with Crippen molar-refractivity contribution in [2.75, 3.05) is 26.2 Å². The molecule has 0 radical (unpaired) electrons. The zero-order valence-corrected chi connectivity index (χ0v) is 14.3. The highest BCUT2D eigenvalue weighted by molar-refractivity contribution is 5.84. The van der Waals surface area contributed by atoms with E-state index >= 15 is 0 Å². The van der Waals surface area contributed by atoms with E-state index in [1.165, 1.54) is 24.8 Å². The second-order valence-electron chi connectivity index (χ2n) is 7.89. The number of carbonyl (C=O) groups excluding carboxylic acids is 1. The Balaban J connectivity index is 1.42. The van der Waals surface area contributed by atoms with Crippen LogP contribution < -0.4 is 5.32 Å². The van der Waals surface area contributed by atoms with Crippen molar-refractivity contribution in [3.63, 3.8) is 0 Å². The molecule has 4 heteroatoms. The molecule has 4 nitrogen and oxygen atoms in total. The van der Waals surface area contributed by atoms with E-state index in [9.17, 15) is 9.90 Å². The van der Waals surface area contributed by atoms with E-state index in [1.54, 1.807) is 12.1 Å². The molecule has 0 spiro atoms. The number of phenolic OH excluding ortho intramolecular Hbond substituents is 1. The zero-order chi connectivity index (χ0) is 16.6. The van der Waals surface area contributed by atoms with Gasteiger partial charge in [-0.25, -0.2) is 0 Å². The van der Waals surface area contributed by atoms with Gasteiger partial charge < -0.3 is 15.3 Å². The van der Waals surface area contributed by atoms with E-state index in [-0.39, 0.29) is 5.41 Å². The van der Waals surface area contributed by atoms with Crippen LogP contribution in [0.25, 0.3) is 0 Å². The molecule has 4 rings (SSSR count). The molecule has 0 bridgehead atoms. The van der Waals surface area contributed by atoms with Gasteiger partial charge in [0.05, 0.1) is 5.41 Å². The van der Waals surface area contributed by atoms with Crippen LogP contribution in [0.2, 0.25) is 0 Å². The van der Waals surface area contributed by atoms with Crippen LogP contribution in [-0.4, -0.2) is 42.1 Å². The van der Waals surface area contributed by atoms with E-state index in [4.69, 9.17) is 0 Å². The average molecular weight is 328 g/mol. The monoisotopic (exact) mass is 328 g/mol. The maximum absolute atomic E-state index is 13.3. The fourth-order valence-electron chi connectivity index (χ4n) is 5.15. The highest BCUT2D eigenvalue weighted by Gasteiger charge is 2.51. The van der Waals surface area contributed by atoms with E-state index < -0.39 is 0 Å². The van der Waals surface area contributed by atoms with E-state index in [1.807, 2.05) is 12.1 Å². The van der Waals surface area contributed by atoms with Gasteiger partial charge in [0.15, 0.2) is 0 Å². The van der Waals surface area contributed by atoms with Gasteiger partial charge in [0, 0.05) is 19.6 Å². The summed E-state index contributed by atoms with van der Waals surface area (Å²) in [6, 6.07) is 7.58. The molecule has 0 unspecified atom stereocenters. The minimum atomic E-state index is -0.108. The number of phenols is 1. The summed E-state index contributed by atoms with van der Waals surface area (Å²) in [4.78, 5) is 15.4. The third kappa shape index (κ3) is 2.71. The van der Waals surface area contributed by atoms with Crippen molar-refractivity contribution in [3.05, 3.63) is 29.8 Å². The summed E-state index contributed by atoms with van der Waals surface area (Å²) in [5.74, 6) is 1.80. The smallest absolute Gasteiger partial charge is 0.230 e. The van der Waals surface area contributed by atoms with Crippen LogP contribution in [0.15, 0.2) is 24.3 Å². The minimum Gasteiger partial charge on any atom is -0.508 e. The molecule has 2 N–H and O–H groups in total. The van der Waals surface area contributed by atoms with Gasteiger partial charge in [-0.1, -0.05) is 25.0 Å². The minimum absolute atomic E-state index is 0.108. The number of benzene rings is 1. The molecule has 1 saturated carbocycles. The molecule has 1 aromatic rings. The Kier molecular flexibility index (Phi) is 4.25. The highest BCUT2D eigenvalue weighted by Crippen LogP contribution is 2.45. The van der Waals surface area contributed by atoms with E-state index in [0.29, 0.717) is 23.5 Å². The highest BCUT2D eigenvalue weighted by atomic mass is 16.3. The Morgan fingerprint density at radius 1 is 1.12 bits per heavy atom. The average Bonchev–Trinajstić information content (AvgIpc) is 3.07. The number of nitrogens with zero attached hydrogens (tertiary/aromatic N) is 1. The molecule has 1 aromatic carbocycles. The summed E-state index contributed by atoms with van der Waals surface area (Å²) in [6.07, 6.45) is 6.83. The van der Waals surface area contributed by atoms with Gasteiger partial charge >= 0.3 is 0 Å². The molecule has 1 amide bonds. The summed E-state index contributed by atoms with van der Waals surface area (Å²) in [6.45, 7) is 3.65. The fourth-order valence-corrected chi connectivity index (χ4v) is 5.15. The third-order valence-electron chi connectivity index (χ3n) is 6.61. The summed E-state index contributed by atoms with van der Waals surface area (Å²) in [5, 5.41) is 12.9. The topological polar surface area (TPSA) is 52.6 Å². The first-order chi connectivity index (χ1) is 11.7. The number of aromatic hydroxyl groups is 1. The van der Waals surface area contributed by atoms with Crippen LogP contribution in [0, 0.1) is 11.3 Å². The molecule has 3 fully saturated rings. The van der Waals surface area contributed by atoms with Crippen molar-refractivity contribution in [2.24, 2.45) is 11.3 Å². The largest absolute Gasteiger partial charge is 0.508 e. The molecule has 2 aliphatic heterocycles. The fraction of sp³-hybridized carbons (Fsp3) is 0.650. The molecular formula is C20H28N2O2. The lowest BCUT2D eigenvalue weighted by atomic mass is 9.67. The number of nitrogens with one attached hydrogen (secondary N) is 1. The second kappa shape index (κ2) is 6.40. The first-order valence-corrected chi connectivity index (χ1v) is 9.48. The molecule has 0 aromatic heterocycles. The van der Waals surface area contributed by atoms with Crippen LogP contribution >= 0.6 is 0 Å². The van der Waals surface area contributed by atoms with Crippen LogP contribution in [0.1, 0.15) is 50.0 Å². The van der Waals surface area contributed by atoms with Gasteiger partial charge in [-0.2, -0.15) is 0 Å². The molecule has 24 heavy (non-hydrogen) atoms. The van der Waals surface area contributed by atoms with Gasteiger partial charge in [-0.15, -0.1) is 0 Å². The maximum atomic E-state index is 13.3. The molecule has 130 valence electrons. The predicted molar refractivity (Wildman–Crippen MR) is 93.9 cm³/mol. The zero-order valence-electron chi connectivity index (χ0n) is 14.3. The number of carbonyl (C=O) groups is 1. The van der Waals surface area contributed by atoms with Gasteiger partial charge in [0.1, 0.15) is 5.75 Å². The number of fused-ring (bicyclic) bond motifs is 1. The lowest BCUT2D eigenvalue weighted by Gasteiger charge is -2.43. The van der Waals surface area contributed by atoms with Crippen LogP contribution in [0.4, 0.5) is 0 Å². The Morgan fingerprint density at radius 3 is 2.62 bits per heavy atom. The number of hydrogen-bond donors (Lipinski definition) is 2. The molecular weight excluding hydrogens is 300 g/mol. The van der Waals surface area contributed by atoms with E-state index in [2.05, 4.69) is 10.2 Å². The maximum Gasteiger partial charge on any atom is 0.230 e. The third-order valence-corrected chi connectivity index (χ3v) is 6.61. The SMILES string of the molecule is O=C(N1CCC(c2ccc(O)cc2)CC1)[C@@]12CCCC[C@H]1CNC2. The second-order valence-corrected chi connectivity index (χ2v) is 7.89. The number of likely N-dealkylation sites (tertiary alicyclic amines) is 1. The van der Waals surface area contributed by atoms with Gasteiger partial charge in [-0.3, -0.25) is 4.79 Å². The number of amides is 1. The quantitative estimate of drug-likeness (QED) is 0.878. The lowest BCUT2D eigenvalue weighted by molar-refractivity contribution is -0.146.